The standard InChI is InChI=1S/C23H17BrN4O3/c24-17-10-11-20(31-14-21(25)29)16(12-17)13-26-28-22(15-6-2-1-3-7-15)27-19-9-5-4-8-18(19)23(28)30/h1-13H,14H2,(H2,25,29). The molecule has 3 aromatic carbocycles. The van der Waals surface area contributed by atoms with Crippen molar-refractivity contribution >= 4 is 39.0 Å². The molecule has 0 saturated carbocycles. The number of hydrogen-bond acceptors (Lipinski definition) is 5. The smallest absolute Gasteiger partial charge is 0.282 e. The van der Waals surface area contributed by atoms with Crippen molar-refractivity contribution in [3.8, 4) is 17.1 Å². The molecule has 0 aliphatic heterocycles. The van der Waals surface area contributed by atoms with Crippen LogP contribution in [-0.4, -0.2) is 28.4 Å². The van der Waals surface area contributed by atoms with Gasteiger partial charge in [-0.05, 0) is 30.3 Å². The van der Waals surface area contributed by atoms with E-state index in [1.807, 2.05) is 36.4 Å². The van der Waals surface area contributed by atoms with Crippen molar-refractivity contribution in [2.75, 3.05) is 6.61 Å². The zero-order valence-corrected chi connectivity index (χ0v) is 17.8. The van der Waals surface area contributed by atoms with Gasteiger partial charge in [0.05, 0.1) is 17.1 Å². The van der Waals surface area contributed by atoms with Crippen molar-refractivity contribution in [3.05, 3.63) is 93.2 Å². The third-order valence-corrected chi connectivity index (χ3v) is 4.93. The summed E-state index contributed by atoms with van der Waals surface area (Å²) in [4.78, 5) is 29.0. The molecule has 0 radical (unpaired) electrons. The number of rotatable bonds is 6. The van der Waals surface area contributed by atoms with Gasteiger partial charge in [0.15, 0.2) is 12.4 Å². The van der Waals surface area contributed by atoms with Crippen molar-refractivity contribution in [2.45, 2.75) is 0 Å². The third-order valence-electron chi connectivity index (χ3n) is 4.44. The Morgan fingerprint density at radius 1 is 1.10 bits per heavy atom. The maximum absolute atomic E-state index is 13.2. The Morgan fingerprint density at radius 3 is 2.61 bits per heavy atom. The summed E-state index contributed by atoms with van der Waals surface area (Å²) in [5.41, 5.74) is 6.79. The number of halogens is 1. The van der Waals surface area contributed by atoms with Gasteiger partial charge in [-0.15, -0.1) is 0 Å². The lowest BCUT2D eigenvalue weighted by atomic mass is 10.2. The monoisotopic (exact) mass is 476 g/mol. The lowest BCUT2D eigenvalue weighted by molar-refractivity contribution is -0.119. The van der Waals surface area contributed by atoms with Crippen LogP contribution in [0.4, 0.5) is 0 Å². The summed E-state index contributed by atoms with van der Waals surface area (Å²) in [7, 11) is 0. The van der Waals surface area contributed by atoms with Crippen molar-refractivity contribution in [1.82, 2.24) is 9.66 Å². The summed E-state index contributed by atoms with van der Waals surface area (Å²) in [5.74, 6) is 0.232. The largest absolute Gasteiger partial charge is 0.483 e. The molecular weight excluding hydrogens is 460 g/mol. The van der Waals surface area contributed by atoms with Gasteiger partial charge in [0.2, 0.25) is 0 Å². The molecule has 0 atom stereocenters. The molecule has 31 heavy (non-hydrogen) atoms. The van der Waals surface area contributed by atoms with E-state index in [0.29, 0.717) is 28.0 Å². The Bertz CT molecular complexity index is 1350. The number of nitrogens with zero attached hydrogens (tertiary/aromatic N) is 3. The average molecular weight is 477 g/mol. The van der Waals surface area contributed by atoms with Gasteiger partial charge in [0.25, 0.3) is 11.5 Å². The highest BCUT2D eigenvalue weighted by atomic mass is 79.9. The SMILES string of the molecule is NC(=O)COc1ccc(Br)cc1C=Nn1c(-c2ccccc2)nc2ccccc2c1=O. The maximum Gasteiger partial charge on any atom is 0.282 e. The van der Waals surface area contributed by atoms with E-state index in [0.717, 1.165) is 10.0 Å². The Kier molecular flexibility index (Phi) is 5.90. The number of hydrogen-bond donors (Lipinski definition) is 1. The molecule has 0 aliphatic carbocycles. The summed E-state index contributed by atoms with van der Waals surface area (Å²) in [6.07, 6.45) is 1.49. The molecule has 2 N–H and O–H groups in total. The first kappa shape index (κ1) is 20.5. The van der Waals surface area contributed by atoms with Gasteiger partial charge in [0, 0.05) is 15.6 Å². The summed E-state index contributed by atoms with van der Waals surface area (Å²) in [5, 5.41) is 4.89. The Balaban J connectivity index is 1.86. The minimum atomic E-state index is -0.591. The Morgan fingerprint density at radius 2 is 1.84 bits per heavy atom. The molecule has 1 heterocycles. The second kappa shape index (κ2) is 8.93. The summed E-state index contributed by atoms with van der Waals surface area (Å²) in [6.45, 7) is -0.269. The fraction of sp³-hybridized carbons (Fsp3) is 0.0435. The number of amides is 1. The van der Waals surface area contributed by atoms with E-state index in [-0.39, 0.29) is 12.2 Å². The number of aromatic nitrogens is 2. The van der Waals surface area contributed by atoms with Gasteiger partial charge in [0.1, 0.15) is 5.75 Å². The number of carbonyl (C=O) groups is 1. The quantitative estimate of drug-likeness (QED) is 0.429. The summed E-state index contributed by atoms with van der Waals surface area (Å²) >= 11 is 3.41. The number of fused-ring (bicyclic) bond motifs is 1. The van der Waals surface area contributed by atoms with Crippen LogP contribution in [0.3, 0.4) is 0 Å². The third kappa shape index (κ3) is 4.54. The number of benzene rings is 3. The molecule has 1 aromatic heterocycles. The van der Waals surface area contributed by atoms with Crippen LogP contribution in [0.2, 0.25) is 0 Å². The molecule has 154 valence electrons. The average Bonchev–Trinajstić information content (AvgIpc) is 2.78. The lowest BCUT2D eigenvalue weighted by Gasteiger charge is -2.10. The van der Waals surface area contributed by atoms with E-state index >= 15 is 0 Å². The molecule has 7 nitrogen and oxygen atoms in total. The van der Waals surface area contributed by atoms with Gasteiger partial charge in [-0.2, -0.15) is 9.78 Å². The molecule has 0 bridgehead atoms. The van der Waals surface area contributed by atoms with Crippen molar-refractivity contribution in [3.63, 3.8) is 0 Å². The first-order chi connectivity index (χ1) is 15.0. The van der Waals surface area contributed by atoms with E-state index in [4.69, 9.17) is 10.5 Å². The minimum Gasteiger partial charge on any atom is -0.483 e. The maximum atomic E-state index is 13.2. The van der Waals surface area contributed by atoms with Crippen LogP contribution in [0, 0.1) is 0 Å². The fourth-order valence-corrected chi connectivity index (χ4v) is 3.40. The van der Waals surface area contributed by atoms with Crippen LogP contribution in [0.5, 0.6) is 5.75 Å². The van der Waals surface area contributed by atoms with Crippen molar-refractivity contribution in [1.29, 1.82) is 0 Å². The van der Waals surface area contributed by atoms with E-state index in [1.54, 1.807) is 36.4 Å². The molecule has 0 fully saturated rings. The van der Waals surface area contributed by atoms with Crippen LogP contribution < -0.4 is 16.0 Å². The van der Waals surface area contributed by atoms with Gasteiger partial charge < -0.3 is 10.5 Å². The minimum absolute atomic E-state index is 0.269. The molecular formula is C23H17BrN4O3. The summed E-state index contributed by atoms with van der Waals surface area (Å²) in [6, 6.07) is 21.7. The molecule has 8 heteroatoms. The molecule has 4 aromatic rings. The fourth-order valence-electron chi connectivity index (χ4n) is 3.03. The highest BCUT2D eigenvalue weighted by Gasteiger charge is 2.12. The second-order valence-electron chi connectivity index (χ2n) is 6.62. The topological polar surface area (TPSA) is 99.6 Å². The number of para-hydroxylation sites is 1. The second-order valence-corrected chi connectivity index (χ2v) is 7.53. The zero-order chi connectivity index (χ0) is 21.8. The van der Waals surface area contributed by atoms with E-state index < -0.39 is 5.91 Å². The van der Waals surface area contributed by atoms with E-state index in [2.05, 4.69) is 26.0 Å². The van der Waals surface area contributed by atoms with Crippen LogP contribution in [0.25, 0.3) is 22.3 Å². The van der Waals surface area contributed by atoms with Crippen molar-refractivity contribution < 1.29 is 9.53 Å². The normalized spacial score (nSPS) is 11.1. The molecule has 0 unspecified atom stereocenters. The molecule has 0 spiro atoms. The highest BCUT2D eigenvalue weighted by Crippen LogP contribution is 2.23. The zero-order valence-electron chi connectivity index (χ0n) is 16.2. The molecule has 0 aliphatic rings. The van der Waals surface area contributed by atoms with Crippen LogP contribution >= 0.6 is 15.9 Å². The first-order valence-electron chi connectivity index (χ1n) is 9.35. The predicted molar refractivity (Wildman–Crippen MR) is 123 cm³/mol. The number of carbonyl (C=O) groups excluding carboxylic acids is 1. The Hall–Kier alpha value is -3.78. The summed E-state index contributed by atoms with van der Waals surface area (Å²) < 4.78 is 7.51. The molecule has 1 amide bonds. The Labute approximate surface area is 185 Å². The van der Waals surface area contributed by atoms with E-state index in [1.165, 1.54) is 10.9 Å². The van der Waals surface area contributed by atoms with Gasteiger partial charge >= 0.3 is 0 Å². The number of primary amides is 1. The predicted octanol–water partition coefficient (Wildman–Crippen LogP) is 3.57. The molecule has 4 rings (SSSR count). The highest BCUT2D eigenvalue weighted by molar-refractivity contribution is 9.10. The van der Waals surface area contributed by atoms with E-state index in [9.17, 15) is 9.59 Å². The lowest BCUT2D eigenvalue weighted by Crippen LogP contribution is -2.21. The number of ether oxygens (including phenoxy) is 1. The number of nitrogens with two attached hydrogens (primary N) is 1. The van der Waals surface area contributed by atoms with Gasteiger partial charge in [-0.3, -0.25) is 9.59 Å². The van der Waals surface area contributed by atoms with Crippen LogP contribution in [0.15, 0.2) is 87.2 Å². The molecule has 0 saturated heterocycles. The van der Waals surface area contributed by atoms with Crippen molar-refractivity contribution in [2.24, 2.45) is 10.8 Å². The van der Waals surface area contributed by atoms with Gasteiger partial charge in [-0.1, -0.05) is 58.4 Å². The van der Waals surface area contributed by atoms with Crippen LogP contribution in [-0.2, 0) is 4.79 Å². The van der Waals surface area contributed by atoms with Gasteiger partial charge in [-0.25, -0.2) is 4.98 Å². The first-order valence-corrected chi connectivity index (χ1v) is 10.1. The van der Waals surface area contributed by atoms with Crippen LogP contribution in [0.1, 0.15) is 5.56 Å².